The average Bonchev–Trinajstić information content (AvgIpc) is 3.33. The maximum atomic E-state index is 13.3. The summed E-state index contributed by atoms with van der Waals surface area (Å²) in [5.74, 6) is 1.56. The van der Waals surface area contributed by atoms with Crippen LogP contribution >= 0.6 is 35.0 Å². The number of hydrogen-bond acceptors (Lipinski definition) is 7. The van der Waals surface area contributed by atoms with E-state index < -0.39 is 12.0 Å². The van der Waals surface area contributed by atoms with E-state index in [1.807, 2.05) is 69.3 Å². The molecule has 0 radical (unpaired) electrons. The minimum atomic E-state index is -0.527. The maximum Gasteiger partial charge on any atom is 0.338 e. The number of benzene rings is 3. The van der Waals surface area contributed by atoms with Crippen molar-refractivity contribution in [3.8, 4) is 5.75 Å². The largest absolute Gasteiger partial charge is 0.489 e. The molecule has 3 aromatic carbocycles. The molecule has 0 spiro atoms. The van der Waals surface area contributed by atoms with Gasteiger partial charge in [-0.25, -0.2) is 9.48 Å². The fourth-order valence-electron chi connectivity index (χ4n) is 4.31. The summed E-state index contributed by atoms with van der Waals surface area (Å²) in [6, 6.07) is 22.5. The van der Waals surface area contributed by atoms with Crippen LogP contribution in [0.1, 0.15) is 43.5 Å². The fourth-order valence-corrected chi connectivity index (χ4v) is 5.56. The number of carbonyl (C=O) groups is 1. The number of halogens is 2. The van der Waals surface area contributed by atoms with Crippen molar-refractivity contribution in [1.82, 2.24) is 14.8 Å². The number of anilines is 1. The molecule has 1 aliphatic rings. The highest BCUT2D eigenvalue weighted by Crippen LogP contribution is 2.38. The van der Waals surface area contributed by atoms with E-state index in [-0.39, 0.29) is 6.10 Å². The number of carbonyl (C=O) groups excluding carboxylic acids is 1. The number of nitrogens with one attached hydrogen (secondary N) is 1. The van der Waals surface area contributed by atoms with Crippen molar-refractivity contribution < 1.29 is 14.3 Å². The van der Waals surface area contributed by atoms with Gasteiger partial charge in [0.1, 0.15) is 18.4 Å². The first kappa shape index (κ1) is 28.1. The number of allylic oxidation sites excluding steroid dienone is 1. The molecule has 0 saturated heterocycles. The molecule has 0 bridgehead atoms. The lowest BCUT2D eigenvalue weighted by atomic mass is 9.95. The summed E-state index contributed by atoms with van der Waals surface area (Å²) in [4.78, 5) is 18.0. The first-order valence-electron chi connectivity index (χ1n) is 12.8. The molecule has 1 aromatic heterocycles. The van der Waals surface area contributed by atoms with Crippen molar-refractivity contribution in [2.45, 2.75) is 50.4 Å². The molecule has 5 rings (SSSR count). The monoisotopic (exact) mass is 594 g/mol. The Kier molecular flexibility index (Phi) is 8.69. The van der Waals surface area contributed by atoms with E-state index in [4.69, 9.17) is 42.8 Å². The Bertz CT molecular complexity index is 1540. The van der Waals surface area contributed by atoms with E-state index in [1.165, 1.54) is 17.3 Å². The zero-order valence-electron chi connectivity index (χ0n) is 22.2. The number of fused-ring (bicyclic) bond motifs is 1. The number of esters is 1. The average molecular weight is 596 g/mol. The van der Waals surface area contributed by atoms with Gasteiger partial charge in [-0.3, -0.25) is 0 Å². The Morgan fingerprint density at radius 2 is 1.82 bits per heavy atom. The molecule has 1 N–H and O–H groups in total. The molecule has 1 aliphatic heterocycles. The zero-order valence-corrected chi connectivity index (χ0v) is 24.6. The summed E-state index contributed by atoms with van der Waals surface area (Å²) in [5.41, 5.74) is 4.01. The lowest BCUT2D eigenvalue weighted by molar-refractivity contribution is -0.143. The molecule has 0 fully saturated rings. The quantitative estimate of drug-likeness (QED) is 0.157. The van der Waals surface area contributed by atoms with E-state index in [9.17, 15) is 4.79 Å². The van der Waals surface area contributed by atoms with Gasteiger partial charge in [-0.15, -0.1) is 5.10 Å². The van der Waals surface area contributed by atoms with Crippen LogP contribution in [0.4, 0.5) is 5.95 Å². The molecule has 0 saturated carbocycles. The Balaban J connectivity index is 1.41. The molecule has 1 unspecified atom stereocenters. The zero-order chi connectivity index (χ0) is 28.2. The summed E-state index contributed by atoms with van der Waals surface area (Å²) in [6.07, 6.45) is -0.266. The number of hydrogen-bond donors (Lipinski definition) is 1. The number of ether oxygens (including phenoxy) is 2. The number of nitrogens with zero attached hydrogens (tertiary/aromatic N) is 3. The second kappa shape index (κ2) is 12.4. The minimum Gasteiger partial charge on any atom is -0.489 e. The molecule has 1 atom stereocenters. The highest BCUT2D eigenvalue weighted by atomic mass is 35.5. The van der Waals surface area contributed by atoms with Gasteiger partial charge >= 0.3 is 5.97 Å². The minimum absolute atomic E-state index is 0.266. The van der Waals surface area contributed by atoms with Gasteiger partial charge in [-0.1, -0.05) is 83.5 Å². The molecular formula is C30H28Cl2N4O3S. The van der Waals surface area contributed by atoms with Crippen LogP contribution in [0.5, 0.6) is 5.75 Å². The van der Waals surface area contributed by atoms with E-state index in [2.05, 4.69) is 17.4 Å². The van der Waals surface area contributed by atoms with Crippen molar-refractivity contribution in [3.63, 3.8) is 0 Å². The predicted molar refractivity (Wildman–Crippen MR) is 159 cm³/mol. The Hall–Kier alpha value is -3.46. The maximum absolute atomic E-state index is 13.3. The Labute approximate surface area is 247 Å². The molecular weight excluding hydrogens is 567 g/mol. The van der Waals surface area contributed by atoms with Crippen LogP contribution in [0.15, 0.2) is 89.2 Å². The van der Waals surface area contributed by atoms with Crippen LogP contribution < -0.4 is 10.1 Å². The standard InChI is InChI=1S/C30H28Cl2N4O3S/c1-18(2)39-28(37)26-19(3)33-29-34-30(40-17-20-7-5-4-6-8-20)35-36(29)27(26)21-10-13-24(14-11-21)38-16-22-9-12-23(31)15-25(22)32/h4-15,18,27H,16-17H2,1-3H3,(H,33,34,35). The van der Waals surface area contributed by atoms with E-state index in [0.29, 0.717) is 44.8 Å². The number of aromatic nitrogens is 3. The summed E-state index contributed by atoms with van der Waals surface area (Å²) >= 11 is 13.8. The van der Waals surface area contributed by atoms with Crippen molar-refractivity contribution in [3.05, 3.63) is 111 Å². The van der Waals surface area contributed by atoms with E-state index >= 15 is 0 Å². The van der Waals surface area contributed by atoms with E-state index in [1.54, 1.807) is 16.8 Å². The Morgan fingerprint density at radius 3 is 2.52 bits per heavy atom. The van der Waals surface area contributed by atoms with Gasteiger partial charge in [0.25, 0.3) is 0 Å². The van der Waals surface area contributed by atoms with Gasteiger partial charge in [-0.05, 0) is 56.2 Å². The first-order valence-corrected chi connectivity index (χ1v) is 14.5. The normalized spacial score (nSPS) is 14.6. The van der Waals surface area contributed by atoms with Gasteiger partial charge in [0.15, 0.2) is 0 Å². The van der Waals surface area contributed by atoms with Gasteiger partial charge < -0.3 is 14.8 Å². The van der Waals surface area contributed by atoms with Crippen LogP contribution in [-0.4, -0.2) is 26.8 Å². The topological polar surface area (TPSA) is 78.3 Å². The number of rotatable bonds is 9. The van der Waals surface area contributed by atoms with Crippen molar-refractivity contribution in [2.75, 3.05) is 5.32 Å². The third kappa shape index (κ3) is 6.46. The molecule has 206 valence electrons. The van der Waals surface area contributed by atoms with Gasteiger partial charge in [0.05, 0.1) is 11.7 Å². The van der Waals surface area contributed by atoms with Gasteiger partial charge in [0.2, 0.25) is 11.1 Å². The first-order chi connectivity index (χ1) is 19.3. The van der Waals surface area contributed by atoms with Crippen LogP contribution in [0, 0.1) is 0 Å². The van der Waals surface area contributed by atoms with Crippen molar-refractivity contribution in [2.24, 2.45) is 0 Å². The SMILES string of the molecule is CC1=C(C(=O)OC(C)C)C(c2ccc(OCc3ccc(Cl)cc3Cl)cc2)n2nc(SCc3ccccc3)nc2N1. The molecule has 0 aliphatic carbocycles. The van der Waals surface area contributed by atoms with E-state index in [0.717, 1.165) is 16.9 Å². The summed E-state index contributed by atoms with van der Waals surface area (Å²) in [5, 5.41) is 9.78. The summed E-state index contributed by atoms with van der Waals surface area (Å²) < 4.78 is 13.3. The lowest BCUT2D eigenvalue weighted by Crippen LogP contribution is -2.30. The lowest BCUT2D eigenvalue weighted by Gasteiger charge is -2.28. The molecule has 2 heterocycles. The second-order valence-corrected chi connectivity index (χ2v) is 11.3. The third-order valence-corrected chi connectivity index (χ3v) is 7.71. The predicted octanol–water partition coefficient (Wildman–Crippen LogP) is 7.70. The van der Waals surface area contributed by atoms with Crippen molar-refractivity contribution in [1.29, 1.82) is 0 Å². The third-order valence-electron chi connectivity index (χ3n) is 6.21. The van der Waals surface area contributed by atoms with Gasteiger partial charge in [-0.2, -0.15) is 4.98 Å². The smallest absolute Gasteiger partial charge is 0.338 e. The molecule has 10 heteroatoms. The highest BCUT2D eigenvalue weighted by Gasteiger charge is 2.35. The van der Waals surface area contributed by atoms with Crippen molar-refractivity contribution >= 4 is 46.9 Å². The summed E-state index contributed by atoms with van der Waals surface area (Å²) in [6.45, 7) is 5.81. The fraction of sp³-hybridized carbons (Fsp3) is 0.233. The van der Waals surface area contributed by atoms with Crippen LogP contribution in [0.25, 0.3) is 0 Å². The van der Waals surface area contributed by atoms with Gasteiger partial charge in [0, 0.05) is 27.1 Å². The molecule has 0 amide bonds. The van der Waals surface area contributed by atoms with Crippen LogP contribution in [0.3, 0.4) is 0 Å². The van der Waals surface area contributed by atoms with Crippen LogP contribution in [0.2, 0.25) is 10.0 Å². The Morgan fingerprint density at radius 1 is 1.07 bits per heavy atom. The molecule has 40 heavy (non-hydrogen) atoms. The number of thioether (sulfide) groups is 1. The second-order valence-electron chi connectivity index (χ2n) is 9.55. The molecule has 7 nitrogen and oxygen atoms in total. The highest BCUT2D eigenvalue weighted by molar-refractivity contribution is 7.98. The summed E-state index contributed by atoms with van der Waals surface area (Å²) in [7, 11) is 0. The molecule has 4 aromatic rings. The van der Waals surface area contributed by atoms with Crippen LogP contribution in [-0.2, 0) is 21.9 Å².